The van der Waals surface area contributed by atoms with E-state index < -0.39 is 11.5 Å². The van der Waals surface area contributed by atoms with Crippen molar-refractivity contribution in [3.8, 4) is 0 Å². The van der Waals surface area contributed by atoms with E-state index in [1.165, 1.54) is 7.11 Å². The molecule has 29 heavy (non-hydrogen) atoms. The van der Waals surface area contributed by atoms with Gasteiger partial charge in [-0.15, -0.1) is 22.7 Å². The van der Waals surface area contributed by atoms with Gasteiger partial charge in [-0.05, 0) is 57.7 Å². The summed E-state index contributed by atoms with van der Waals surface area (Å²) in [5.41, 5.74) is 2.98. The van der Waals surface area contributed by atoms with Crippen molar-refractivity contribution in [2.45, 2.75) is 18.4 Å². The van der Waals surface area contributed by atoms with Gasteiger partial charge in [0.15, 0.2) is 0 Å². The molecular formula is C24H20O3S2. The minimum atomic E-state index is -0.943. The third-order valence-corrected chi connectivity index (χ3v) is 7.72. The molecule has 0 radical (unpaired) electrons. The Morgan fingerprint density at radius 2 is 1.93 bits per heavy atom. The summed E-state index contributed by atoms with van der Waals surface area (Å²) in [5.74, 6) is -0.432. The summed E-state index contributed by atoms with van der Waals surface area (Å²) in [5, 5.41) is 15.0. The van der Waals surface area contributed by atoms with Crippen LogP contribution >= 0.6 is 22.7 Å². The lowest BCUT2D eigenvalue weighted by Gasteiger charge is -2.38. The molecule has 0 saturated heterocycles. The van der Waals surface area contributed by atoms with Gasteiger partial charge in [-0.1, -0.05) is 42.5 Å². The number of carbonyl (C=O) groups is 1. The second kappa shape index (κ2) is 7.10. The summed E-state index contributed by atoms with van der Waals surface area (Å²) in [6.45, 7) is 0. The van der Waals surface area contributed by atoms with Crippen LogP contribution < -0.4 is 0 Å². The largest absolute Gasteiger partial charge is 0.468 e. The van der Waals surface area contributed by atoms with Crippen LogP contribution in [0.5, 0.6) is 0 Å². The lowest BCUT2D eigenvalue weighted by molar-refractivity contribution is -0.148. The molecule has 5 rings (SSSR count). The average molecular weight is 421 g/mol. The fourth-order valence-electron chi connectivity index (χ4n) is 4.76. The Morgan fingerprint density at radius 3 is 2.66 bits per heavy atom. The topological polar surface area (TPSA) is 46.5 Å². The normalized spacial score (nSPS) is 26.7. The third kappa shape index (κ3) is 2.76. The molecule has 3 atom stereocenters. The first kappa shape index (κ1) is 18.6. The molecule has 1 aromatic carbocycles. The first-order valence-electron chi connectivity index (χ1n) is 9.53. The second-order valence-electron chi connectivity index (χ2n) is 7.40. The smallest absolute Gasteiger partial charge is 0.320 e. The maximum Gasteiger partial charge on any atom is 0.320 e. The third-order valence-electron chi connectivity index (χ3n) is 5.98. The number of fused-ring (bicyclic) bond motifs is 3. The van der Waals surface area contributed by atoms with Crippen LogP contribution in [0.2, 0.25) is 0 Å². The first-order valence-corrected chi connectivity index (χ1v) is 11.3. The predicted molar refractivity (Wildman–Crippen MR) is 119 cm³/mol. The quantitative estimate of drug-likeness (QED) is 0.573. The van der Waals surface area contributed by atoms with Gasteiger partial charge >= 0.3 is 5.97 Å². The van der Waals surface area contributed by atoms with Gasteiger partial charge in [-0.3, -0.25) is 4.79 Å². The number of hydrogen-bond donors (Lipinski definition) is 1. The van der Waals surface area contributed by atoms with Crippen LogP contribution in [-0.4, -0.2) is 24.3 Å². The average Bonchev–Trinajstić information content (AvgIpc) is 3.49. The molecule has 2 aliphatic carbocycles. The summed E-state index contributed by atoms with van der Waals surface area (Å²) in [6, 6.07) is 16.2. The fraction of sp³-hybridized carbons (Fsp3) is 0.208. The lowest BCUT2D eigenvalue weighted by atomic mass is 9.65. The highest BCUT2D eigenvalue weighted by Crippen LogP contribution is 2.62. The van der Waals surface area contributed by atoms with Crippen LogP contribution in [0.4, 0.5) is 0 Å². The maximum absolute atomic E-state index is 13.4. The molecule has 0 spiro atoms. The van der Waals surface area contributed by atoms with Gasteiger partial charge in [0.05, 0.1) is 13.2 Å². The van der Waals surface area contributed by atoms with E-state index in [4.69, 9.17) is 4.74 Å². The van der Waals surface area contributed by atoms with Crippen LogP contribution in [0.3, 0.4) is 0 Å². The zero-order chi connectivity index (χ0) is 20.0. The van der Waals surface area contributed by atoms with Gasteiger partial charge in [0.2, 0.25) is 0 Å². The Labute approximate surface area is 177 Å². The van der Waals surface area contributed by atoms with E-state index in [-0.39, 0.29) is 11.9 Å². The number of carbonyl (C=O) groups excluding carboxylic acids is 1. The minimum absolute atomic E-state index is 0.156. The lowest BCUT2D eigenvalue weighted by Crippen LogP contribution is -2.39. The van der Waals surface area contributed by atoms with Gasteiger partial charge < -0.3 is 9.84 Å². The molecule has 3 nitrogen and oxygen atoms in total. The highest BCUT2D eigenvalue weighted by atomic mass is 32.1. The van der Waals surface area contributed by atoms with Crippen molar-refractivity contribution in [3.05, 3.63) is 86.2 Å². The zero-order valence-corrected chi connectivity index (χ0v) is 17.5. The molecular weight excluding hydrogens is 400 g/mol. The number of methoxy groups -OCH3 is 1. The Morgan fingerprint density at radius 1 is 1.14 bits per heavy atom. The van der Waals surface area contributed by atoms with Crippen molar-refractivity contribution < 1.29 is 14.6 Å². The molecule has 146 valence electrons. The second-order valence-corrected chi connectivity index (χ2v) is 9.33. The number of ether oxygens (including phenoxy) is 1. The van der Waals surface area contributed by atoms with Crippen LogP contribution in [0, 0.1) is 5.41 Å². The van der Waals surface area contributed by atoms with E-state index in [2.05, 4.69) is 24.3 Å². The summed E-state index contributed by atoms with van der Waals surface area (Å²) < 4.78 is 5.38. The van der Waals surface area contributed by atoms with Crippen LogP contribution in [0.25, 0.3) is 17.2 Å². The van der Waals surface area contributed by atoms with E-state index in [9.17, 15) is 9.90 Å². The highest BCUT2D eigenvalue weighted by Gasteiger charge is 2.57. The van der Waals surface area contributed by atoms with Crippen molar-refractivity contribution in [2.24, 2.45) is 5.41 Å². The molecule has 2 heterocycles. The Hall–Kier alpha value is -2.47. The minimum Gasteiger partial charge on any atom is -0.468 e. The number of hydrogen-bond acceptors (Lipinski definition) is 5. The van der Waals surface area contributed by atoms with Crippen molar-refractivity contribution in [1.82, 2.24) is 0 Å². The SMILES string of the molecule is COC(=O)[C@@]12C=C(c3cccs3)[C@@H](O)C[C@@H]1c1ccccc1/C2=C\c1cccs1. The summed E-state index contributed by atoms with van der Waals surface area (Å²) in [4.78, 5) is 15.5. The van der Waals surface area contributed by atoms with E-state index >= 15 is 0 Å². The number of benzene rings is 1. The van der Waals surface area contributed by atoms with Crippen molar-refractivity contribution in [3.63, 3.8) is 0 Å². The monoisotopic (exact) mass is 420 g/mol. The van der Waals surface area contributed by atoms with E-state index in [1.54, 1.807) is 22.7 Å². The van der Waals surface area contributed by atoms with E-state index in [0.29, 0.717) is 6.42 Å². The maximum atomic E-state index is 13.4. The fourth-order valence-corrected chi connectivity index (χ4v) is 6.21. The number of thiophene rings is 2. The molecule has 0 bridgehead atoms. The van der Waals surface area contributed by atoms with Gasteiger partial charge in [0.1, 0.15) is 5.41 Å². The number of esters is 1. The Balaban J connectivity index is 1.82. The Kier molecular flexibility index (Phi) is 4.54. The van der Waals surface area contributed by atoms with E-state index in [1.807, 2.05) is 47.2 Å². The van der Waals surface area contributed by atoms with Crippen molar-refractivity contribution in [2.75, 3.05) is 7.11 Å². The molecule has 5 heteroatoms. The molecule has 0 saturated carbocycles. The summed E-state index contributed by atoms with van der Waals surface area (Å²) in [6.07, 6.45) is 3.95. The zero-order valence-electron chi connectivity index (χ0n) is 15.9. The molecule has 0 unspecified atom stereocenters. The molecule has 3 aromatic rings. The van der Waals surface area contributed by atoms with Crippen molar-refractivity contribution in [1.29, 1.82) is 0 Å². The number of rotatable bonds is 3. The number of aliphatic hydroxyl groups is 1. The number of aliphatic hydroxyl groups excluding tert-OH is 1. The van der Waals surface area contributed by atoms with Gasteiger partial charge in [-0.25, -0.2) is 0 Å². The van der Waals surface area contributed by atoms with Gasteiger partial charge in [-0.2, -0.15) is 0 Å². The highest BCUT2D eigenvalue weighted by molar-refractivity contribution is 7.11. The van der Waals surface area contributed by atoms with Crippen LogP contribution in [0.1, 0.15) is 33.2 Å². The van der Waals surface area contributed by atoms with Gasteiger partial charge in [0, 0.05) is 15.7 Å². The Bertz CT molecular complexity index is 1110. The van der Waals surface area contributed by atoms with Crippen LogP contribution in [-0.2, 0) is 9.53 Å². The summed E-state index contributed by atoms with van der Waals surface area (Å²) in [7, 11) is 1.45. The molecule has 0 fully saturated rings. The van der Waals surface area contributed by atoms with Crippen LogP contribution in [0.15, 0.2) is 65.4 Å². The standard InChI is InChI=1S/C24H20O3S2/c1-27-23(26)24-14-18(22-9-5-11-29-22)21(25)13-20(24)17-8-3-2-7-16(17)19(24)12-15-6-4-10-28-15/h2-12,14,20-21,25H,13H2,1H3/b19-12+/t20-,21+,24-/m1/s1. The van der Waals surface area contributed by atoms with E-state index in [0.717, 1.165) is 32.0 Å². The summed E-state index contributed by atoms with van der Waals surface area (Å²) >= 11 is 3.22. The molecule has 0 aliphatic heterocycles. The van der Waals surface area contributed by atoms with Crippen molar-refractivity contribution >= 4 is 45.9 Å². The molecule has 1 N–H and O–H groups in total. The first-order chi connectivity index (χ1) is 14.1. The predicted octanol–water partition coefficient (Wildman–Crippen LogP) is 5.46. The molecule has 2 aliphatic rings. The van der Waals surface area contributed by atoms with Gasteiger partial charge in [0.25, 0.3) is 0 Å². The molecule has 2 aromatic heterocycles. The molecule has 0 amide bonds.